The lowest BCUT2D eigenvalue weighted by atomic mass is 10.4. The van der Waals surface area contributed by atoms with Gasteiger partial charge in [0.2, 0.25) is 0 Å². The molecule has 0 amide bonds. The Labute approximate surface area is 52.8 Å². The van der Waals surface area contributed by atoms with Gasteiger partial charge in [-0.3, -0.25) is 15.1 Å². The Bertz CT molecular complexity index is 153. The maximum atomic E-state index is 10.5. The zero-order valence-corrected chi connectivity index (χ0v) is 5.10. The zero-order chi connectivity index (χ0) is 6.69. The van der Waals surface area contributed by atoms with Crippen LogP contribution < -0.4 is 10.8 Å². The van der Waals surface area contributed by atoms with Gasteiger partial charge in [0.1, 0.15) is 5.82 Å². The highest BCUT2D eigenvalue weighted by Crippen LogP contribution is 1.91. The second-order valence-electron chi connectivity index (χ2n) is 1.68. The van der Waals surface area contributed by atoms with E-state index in [9.17, 15) is 4.79 Å². The van der Waals surface area contributed by atoms with Crippen molar-refractivity contribution in [3.05, 3.63) is 11.9 Å². The summed E-state index contributed by atoms with van der Waals surface area (Å²) in [5, 5.41) is 2.78. The van der Waals surface area contributed by atoms with Gasteiger partial charge >= 0.3 is 0 Å². The Morgan fingerprint density at radius 3 is 3.11 bits per heavy atom. The third-order valence-corrected chi connectivity index (χ3v) is 0.970. The lowest BCUT2D eigenvalue weighted by Crippen LogP contribution is -2.22. The van der Waals surface area contributed by atoms with Gasteiger partial charge in [-0.1, -0.05) is 0 Å². The fourth-order valence-corrected chi connectivity index (χ4v) is 0.621. The second-order valence-corrected chi connectivity index (χ2v) is 1.68. The van der Waals surface area contributed by atoms with Gasteiger partial charge in [0, 0.05) is 6.08 Å². The minimum absolute atomic E-state index is 0.0644. The van der Waals surface area contributed by atoms with Crippen LogP contribution in [0, 0.1) is 0 Å². The number of rotatable bonds is 2. The topological polar surface area (TPSA) is 50.4 Å². The van der Waals surface area contributed by atoms with E-state index >= 15 is 0 Å². The smallest absolute Gasteiger partial charge is 0.178 e. The molecule has 0 radical (unpaired) electrons. The molecule has 0 saturated carbocycles. The van der Waals surface area contributed by atoms with Crippen molar-refractivity contribution >= 4 is 5.78 Å². The van der Waals surface area contributed by atoms with Crippen LogP contribution in [0.1, 0.15) is 0 Å². The predicted molar refractivity (Wildman–Crippen MR) is 31.2 cm³/mol. The first kappa shape index (κ1) is 6.10. The van der Waals surface area contributed by atoms with Crippen LogP contribution >= 0.6 is 0 Å². The Kier molecular flexibility index (Phi) is 1.69. The molecule has 0 saturated heterocycles. The van der Waals surface area contributed by atoms with Crippen LogP contribution in [0.5, 0.6) is 0 Å². The average molecular weight is 128 g/mol. The van der Waals surface area contributed by atoms with E-state index in [0.717, 1.165) is 0 Å². The Hall–Kier alpha value is -1.03. The standard InChI is InChI=1S/C5H8N2O2/c1-9-7-5-2-4(8)3-6-5/h2,6-7H,3H2,1H3. The molecule has 1 rings (SSSR count). The first-order chi connectivity index (χ1) is 4.33. The fraction of sp³-hybridized carbons (Fsp3) is 0.400. The van der Waals surface area contributed by atoms with Gasteiger partial charge in [0.05, 0.1) is 13.7 Å². The van der Waals surface area contributed by atoms with Gasteiger partial charge < -0.3 is 5.32 Å². The summed E-state index contributed by atoms with van der Waals surface area (Å²) in [4.78, 5) is 15.0. The van der Waals surface area contributed by atoms with Crippen LogP contribution in [0.3, 0.4) is 0 Å². The van der Waals surface area contributed by atoms with E-state index in [1.54, 1.807) is 0 Å². The molecule has 4 nitrogen and oxygen atoms in total. The molecule has 1 aliphatic heterocycles. The van der Waals surface area contributed by atoms with E-state index in [-0.39, 0.29) is 5.78 Å². The van der Waals surface area contributed by atoms with Crippen LogP contribution in [0.2, 0.25) is 0 Å². The number of carbonyl (C=O) groups is 1. The highest BCUT2D eigenvalue weighted by atomic mass is 16.6. The lowest BCUT2D eigenvalue weighted by Gasteiger charge is -2.01. The van der Waals surface area contributed by atoms with E-state index in [1.165, 1.54) is 13.2 Å². The maximum absolute atomic E-state index is 10.5. The van der Waals surface area contributed by atoms with Crippen molar-refractivity contribution in [1.82, 2.24) is 10.8 Å². The molecule has 0 spiro atoms. The second kappa shape index (κ2) is 2.50. The monoisotopic (exact) mass is 128 g/mol. The van der Waals surface area contributed by atoms with Crippen LogP contribution in [-0.4, -0.2) is 19.4 Å². The molecular formula is C5H8N2O2. The van der Waals surface area contributed by atoms with E-state index in [4.69, 9.17) is 0 Å². The van der Waals surface area contributed by atoms with E-state index in [1.807, 2.05) is 0 Å². The normalized spacial score (nSPS) is 17.0. The van der Waals surface area contributed by atoms with Gasteiger partial charge in [0.25, 0.3) is 0 Å². The summed E-state index contributed by atoms with van der Waals surface area (Å²) in [6, 6.07) is 0. The molecule has 0 bridgehead atoms. The van der Waals surface area contributed by atoms with Gasteiger partial charge in [0.15, 0.2) is 5.78 Å². The van der Waals surface area contributed by atoms with Crippen molar-refractivity contribution < 1.29 is 9.63 Å². The third-order valence-electron chi connectivity index (χ3n) is 0.970. The molecule has 1 heterocycles. The Balaban J connectivity index is 2.42. The summed E-state index contributed by atoms with van der Waals surface area (Å²) < 4.78 is 0. The van der Waals surface area contributed by atoms with Gasteiger partial charge in [-0.15, -0.1) is 0 Å². The first-order valence-corrected chi connectivity index (χ1v) is 2.60. The Morgan fingerprint density at radius 2 is 2.67 bits per heavy atom. The SMILES string of the molecule is CONC1=CC(=O)CN1. The molecule has 50 valence electrons. The summed E-state index contributed by atoms with van der Waals surface area (Å²) in [7, 11) is 1.49. The molecule has 0 aliphatic carbocycles. The third kappa shape index (κ3) is 1.43. The van der Waals surface area contributed by atoms with Crippen LogP contribution in [0.4, 0.5) is 0 Å². The molecule has 0 aromatic heterocycles. The molecule has 9 heavy (non-hydrogen) atoms. The Morgan fingerprint density at radius 1 is 1.89 bits per heavy atom. The molecule has 0 unspecified atom stereocenters. The van der Waals surface area contributed by atoms with E-state index in [0.29, 0.717) is 12.4 Å². The summed E-state index contributed by atoms with van der Waals surface area (Å²) in [5.74, 6) is 0.692. The van der Waals surface area contributed by atoms with Gasteiger partial charge in [-0.25, -0.2) is 0 Å². The molecule has 4 heteroatoms. The van der Waals surface area contributed by atoms with E-state index < -0.39 is 0 Å². The highest BCUT2D eigenvalue weighted by molar-refractivity contribution is 5.94. The number of ketones is 1. The lowest BCUT2D eigenvalue weighted by molar-refractivity contribution is -0.113. The van der Waals surface area contributed by atoms with Crippen molar-refractivity contribution in [3.63, 3.8) is 0 Å². The van der Waals surface area contributed by atoms with Crippen LogP contribution in [0.25, 0.3) is 0 Å². The molecular weight excluding hydrogens is 120 g/mol. The van der Waals surface area contributed by atoms with Crippen molar-refractivity contribution in [3.8, 4) is 0 Å². The van der Waals surface area contributed by atoms with Crippen molar-refractivity contribution in [2.45, 2.75) is 0 Å². The van der Waals surface area contributed by atoms with Crippen LogP contribution in [0.15, 0.2) is 11.9 Å². The van der Waals surface area contributed by atoms with Crippen molar-refractivity contribution in [2.75, 3.05) is 13.7 Å². The number of hydroxylamine groups is 1. The molecule has 1 aliphatic rings. The summed E-state index contributed by atoms with van der Waals surface area (Å²) in [5.41, 5.74) is 2.50. The predicted octanol–water partition coefficient (Wildman–Crippen LogP) is -0.849. The first-order valence-electron chi connectivity index (χ1n) is 2.60. The largest absolute Gasteiger partial charge is 0.363 e. The maximum Gasteiger partial charge on any atom is 0.178 e. The molecule has 2 N–H and O–H groups in total. The molecule has 0 aromatic rings. The molecule has 0 atom stereocenters. The van der Waals surface area contributed by atoms with Gasteiger partial charge in [-0.2, -0.15) is 0 Å². The average Bonchev–Trinajstić information content (AvgIpc) is 2.17. The number of hydrogen-bond donors (Lipinski definition) is 2. The minimum atomic E-state index is 0.0644. The van der Waals surface area contributed by atoms with E-state index in [2.05, 4.69) is 15.6 Å². The van der Waals surface area contributed by atoms with Crippen molar-refractivity contribution in [1.29, 1.82) is 0 Å². The van der Waals surface area contributed by atoms with Crippen LogP contribution in [-0.2, 0) is 9.63 Å². The summed E-state index contributed by atoms with van der Waals surface area (Å²) in [6.07, 6.45) is 1.46. The summed E-state index contributed by atoms with van der Waals surface area (Å²) >= 11 is 0. The highest BCUT2D eigenvalue weighted by Gasteiger charge is 2.08. The number of carbonyl (C=O) groups excluding carboxylic acids is 1. The van der Waals surface area contributed by atoms with Crippen molar-refractivity contribution in [2.24, 2.45) is 0 Å². The molecule has 0 fully saturated rings. The zero-order valence-electron chi connectivity index (χ0n) is 5.10. The van der Waals surface area contributed by atoms with Gasteiger partial charge in [-0.05, 0) is 0 Å². The summed E-state index contributed by atoms with van der Waals surface area (Å²) in [6.45, 7) is 0.367. The number of nitrogens with one attached hydrogen (secondary N) is 2. The molecule has 0 aromatic carbocycles. The quantitative estimate of drug-likeness (QED) is 0.476. The fourth-order valence-electron chi connectivity index (χ4n) is 0.621. The number of hydrogen-bond acceptors (Lipinski definition) is 4. The minimum Gasteiger partial charge on any atom is -0.363 e.